The van der Waals surface area contributed by atoms with Gasteiger partial charge in [-0.25, -0.2) is 0 Å². The Morgan fingerprint density at radius 3 is 3.00 bits per heavy atom. The molecule has 0 radical (unpaired) electrons. The van der Waals surface area contributed by atoms with Crippen LogP contribution in [0.3, 0.4) is 0 Å². The molecule has 0 aliphatic carbocycles. The third-order valence-electron chi connectivity index (χ3n) is 3.11. The van der Waals surface area contributed by atoms with Crippen LogP contribution in [0.4, 0.5) is 0 Å². The number of hydrogen-bond donors (Lipinski definition) is 1. The molecular weight excluding hydrogens is 286 g/mol. The second-order valence-corrected chi connectivity index (χ2v) is 5.90. The van der Waals surface area contributed by atoms with Crippen molar-refractivity contribution in [3.05, 3.63) is 41.9 Å². The summed E-state index contributed by atoms with van der Waals surface area (Å²) in [7, 11) is 0. The second-order valence-electron chi connectivity index (χ2n) is 4.95. The zero-order valence-corrected chi connectivity index (χ0v) is 12.7. The zero-order chi connectivity index (χ0) is 14.7. The standard InChI is InChI=1S/C14H17N5OS/c1-10(9-19-7-4-6-15-19)16-11(2)14-17-13(18-20-14)12-5-3-8-21-12/h3-8,10-11,16H,9H2,1-2H3/t10-,11-/m0/s1. The zero-order valence-electron chi connectivity index (χ0n) is 11.9. The molecule has 7 heteroatoms. The van der Waals surface area contributed by atoms with Crippen molar-refractivity contribution in [2.24, 2.45) is 0 Å². The molecule has 3 aromatic rings. The van der Waals surface area contributed by atoms with Gasteiger partial charge in [-0.3, -0.25) is 4.68 Å². The molecule has 3 heterocycles. The average molecular weight is 303 g/mol. The SMILES string of the molecule is C[C@H](N[C@@H](C)Cn1cccn1)c1nc(-c2cccs2)no1. The summed E-state index contributed by atoms with van der Waals surface area (Å²) < 4.78 is 7.25. The van der Waals surface area contributed by atoms with E-state index in [1.807, 2.05) is 41.4 Å². The van der Waals surface area contributed by atoms with Gasteiger partial charge in [0, 0.05) is 18.4 Å². The minimum atomic E-state index is -0.00299. The number of thiophene rings is 1. The number of rotatable bonds is 6. The molecule has 21 heavy (non-hydrogen) atoms. The lowest BCUT2D eigenvalue weighted by Gasteiger charge is -2.17. The van der Waals surface area contributed by atoms with E-state index in [9.17, 15) is 0 Å². The van der Waals surface area contributed by atoms with Crippen molar-refractivity contribution in [3.63, 3.8) is 0 Å². The minimum absolute atomic E-state index is 0.00299. The Kier molecular flexibility index (Phi) is 4.12. The first kappa shape index (κ1) is 14.0. The van der Waals surface area contributed by atoms with Gasteiger partial charge < -0.3 is 9.84 Å². The Morgan fingerprint density at radius 2 is 2.29 bits per heavy atom. The van der Waals surface area contributed by atoms with Crippen LogP contribution in [0.1, 0.15) is 25.8 Å². The van der Waals surface area contributed by atoms with E-state index in [0.29, 0.717) is 11.7 Å². The van der Waals surface area contributed by atoms with Crippen LogP contribution in [0.15, 0.2) is 40.5 Å². The van der Waals surface area contributed by atoms with Gasteiger partial charge in [0.25, 0.3) is 0 Å². The lowest BCUT2D eigenvalue weighted by Crippen LogP contribution is -2.33. The van der Waals surface area contributed by atoms with Gasteiger partial charge in [0.05, 0.1) is 17.5 Å². The summed E-state index contributed by atoms with van der Waals surface area (Å²) in [6, 6.07) is 6.12. The van der Waals surface area contributed by atoms with Crippen LogP contribution in [0.25, 0.3) is 10.7 Å². The molecule has 1 N–H and O–H groups in total. The first-order valence-corrected chi connectivity index (χ1v) is 7.71. The third-order valence-corrected chi connectivity index (χ3v) is 3.97. The predicted molar refractivity (Wildman–Crippen MR) is 80.9 cm³/mol. The van der Waals surface area contributed by atoms with E-state index in [1.54, 1.807) is 17.5 Å². The first-order chi connectivity index (χ1) is 10.2. The largest absolute Gasteiger partial charge is 0.337 e. The van der Waals surface area contributed by atoms with Crippen molar-refractivity contribution >= 4 is 11.3 Å². The number of aromatic nitrogens is 4. The molecular formula is C14H17N5OS. The van der Waals surface area contributed by atoms with E-state index in [0.717, 1.165) is 11.4 Å². The van der Waals surface area contributed by atoms with E-state index in [1.165, 1.54) is 0 Å². The van der Waals surface area contributed by atoms with Crippen molar-refractivity contribution in [3.8, 4) is 10.7 Å². The van der Waals surface area contributed by atoms with Crippen LogP contribution in [0, 0.1) is 0 Å². The van der Waals surface area contributed by atoms with Crippen LogP contribution in [-0.4, -0.2) is 26.0 Å². The molecule has 6 nitrogen and oxygen atoms in total. The number of nitrogens with one attached hydrogen (secondary N) is 1. The molecule has 0 spiro atoms. The molecule has 3 rings (SSSR count). The van der Waals surface area contributed by atoms with Gasteiger partial charge in [-0.15, -0.1) is 11.3 Å². The van der Waals surface area contributed by atoms with Crippen LogP contribution < -0.4 is 5.32 Å². The van der Waals surface area contributed by atoms with Gasteiger partial charge >= 0.3 is 0 Å². The van der Waals surface area contributed by atoms with Crippen LogP contribution in [-0.2, 0) is 6.54 Å². The Balaban J connectivity index is 1.61. The predicted octanol–water partition coefficient (Wildman–Crippen LogP) is 2.73. The molecule has 0 fully saturated rings. The lowest BCUT2D eigenvalue weighted by atomic mass is 10.2. The van der Waals surface area contributed by atoms with Gasteiger partial charge in [-0.05, 0) is 31.4 Å². The van der Waals surface area contributed by atoms with Crippen LogP contribution >= 0.6 is 11.3 Å². The molecule has 110 valence electrons. The highest BCUT2D eigenvalue weighted by Gasteiger charge is 2.17. The highest BCUT2D eigenvalue weighted by atomic mass is 32.1. The average Bonchev–Trinajstić information content (AvgIpc) is 3.20. The highest BCUT2D eigenvalue weighted by molar-refractivity contribution is 7.13. The van der Waals surface area contributed by atoms with Gasteiger partial charge in [0.15, 0.2) is 0 Å². The summed E-state index contributed by atoms with van der Waals surface area (Å²) in [6.45, 7) is 4.92. The quantitative estimate of drug-likeness (QED) is 0.758. The van der Waals surface area contributed by atoms with Crippen LogP contribution in [0.2, 0.25) is 0 Å². The second kappa shape index (κ2) is 6.19. The maximum Gasteiger partial charge on any atom is 0.243 e. The van der Waals surface area contributed by atoms with Gasteiger partial charge in [0.2, 0.25) is 11.7 Å². The van der Waals surface area contributed by atoms with Crippen molar-refractivity contribution in [1.82, 2.24) is 25.2 Å². The molecule has 0 aliphatic heterocycles. The molecule has 0 saturated carbocycles. The summed E-state index contributed by atoms with van der Waals surface area (Å²) in [5.41, 5.74) is 0. The number of nitrogens with zero attached hydrogens (tertiary/aromatic N) is 4. The first-order valence-electron chi connectivity index (χ1n) is 6.83. The van der Waals surface area contributed by atoms with Crippen molar-refractivity contribution < 1.29 is 4.52 Å². The van der Waals surface area contributed by atoms with E-state index in [-0.39, 0.29) is 12.1 Å². The highest BCUT2D eigenvalue weighted by Crippen LogP contribution is 2.23. The fourth-order valence-corrected chi connectivity index (χ4v) is 2.81. The molecule has 0 bridgehead atoms. The molecule has 3 aromatic heterocycles. The molecule has 0 saturated heterocycles. The maximum atomic E-state index is 5.35. The van der Waals surface area contributed by atoms with Crippen molar-refractivity contribution in [1.29, 1.82) is 0 Å². The van der Waals surface area contributed by atoms with Gasteiger partial charge in [0.1, 0.15) is 0 Å². The summed E-state index contributed by atoms with van der Waals surface area (Å²) in [4.78, 5) is 5.47. The van der Waals surface area contributed by atoms with Gasteiger partial charge in [-0.1, -0.05) is 11.2 Å². The van der Waals surface area contributed by atoms with E-state index in [4.69, 9.17) is 4.52 Å². The van der Waals surface area contributed by atoms with E-state index >= 15 is 0 Å². The summed E-state index contributed by atoms with van der Waals surface area (Å²) in [5, 5.41) is 13.7. The van der Waals surface area contributed by atoms with Crippen molar-refractivity contribution in [2.45, 2.75) is 32.5 Å². The van der Waals surface area contributed by atoms with E-state index in [2.05, 4.69) is 27.5 Å². The lowest BCUT2D eigenvalue weighted by molar-refractivity contribution is 0.316. The Bertz CT molecular complexity index is 661. The minimum Gasteiger partial charge on any atom is -0.337 e. The normalized spacial score (nSPS) is 14.2. The number of hydrogen-bond acceptors (Lipinski definition) is 6. The topological polar surface area (TPSA) is 68.8 Å². The Morgan fingerprint density at radius 1 is 1.38 bits per heavy atom. The fourth-order valence-electron chi connectivity index (χ4n) is 2.16. The molecule has 0 aliphatic rings. The smallest absolute Gasteiger partial charge is 0.243 e. The molecule has 0 aromatic carbocycles. The third kappa shape index (κ3) is 3.37. The fraction of sp³-hybridized carbons (Fsp3) is 0.357. The molecule has 0 unspecified atom stereocenters. The summed E-state index contributed by atoms with van der Waals surface area (Å²) in [5.74, 6) is 1.25. The monoisotopic (exact) mass is 303 g/mol. The van der Waals surface area contributed by atoms with E-state index < -0.39 is 0 Å². The van der Waals surface area contributed by atoms with Crippen LogP contribution in [0.5, 0.6) is 0 Å². The Hall–Kier alpha value is -1.99. The summed E-state index contributed by atoms with van der Waals surface area (Å²) >= 11 is 1.60. The maximum absolute atomic E-state index is 5.35. The van der Waals surface area contributed by atoms with Gasteiger partial charge in [-0.2, -0.15) is 10.1 Å². The molecule has 2 atom stereocenters. The summed E-state index contributed by atoms with van der Waals surface area (Å²) in [6.07, 6.45) is 3.73. The van der Waals surface area contributed by atoms with Crippen molar-refractivity contribution in [2.75, 3.05) is 0 Å². The molecule has 0 amide bonds. The Labute approximate surface area is 126 Å².